The number of hydrogen-bond acceptors (Lipinski definition) is 20. The van der Waals surface area contributed by atoms with Crippen LogP contribution in [-0.4, -0.2) is 154 Å². The van der Waals surface area contributed by atoms with Crippen molar-refractivity contribution in [3.8, 4) is 0 Å². The van der Waals surface area contributed by atoms with Gasteiger partial charge in [0.25, 0.3) is 10.1 Å². The monoisotopic (exact) mass is 1040 g/mol. The van der Waals surface area contributed by atoms with Crippen molar-refractivity contribution in [1.29, 1.82) is 0 Å². The van der Waals surface area contributed by atoms with E-state index in [1.807, 2.05) is 105 Å². The third kappa shape index (κ3) is 6.94. The smallest absolute Gasteiger partial charge is 0.417 e. The van der Waals surface area contributed by atoms with Crippen LogP contribution >= 0.6 is 0 Å². The number of fused-ring (bicyclic) bond motifs is 4. The third-order valence-corrected chi connectivity index (χ3v) is 60.5. The second-order valence-electron chi connectivity index (χ2n) is 16.0. The Bertz CT molecular complexity index is 1360. The first-order chi connectivity index (χ1) is 24.8. The highest BCUT2D eigenvalue weighted by molar-refractivity contribution is 7.10. The van der Waals surface area contributed by atoms with Crippen LogP contribution in [0.5, 0.6) is 0 Å². The molecule has 7 rings (SSSR count). The Morgan fingerprint density at radius 3 is 0.759 bits per heavy atom. The van der Waals surface area contributed by atoms with Gasteiger partial charge in [0.1, 0.15) is 0 Å². The van der Waals surface area contributed by atoms with Crippen LogP contribution in [0.15, 0.2) is 0 Å². The summed E-state index contributed by atoms with van der Waals surface area (Å²) in [5.74, 6) is 0. The lowest BCUT2D eigenvalue weighted by atomic mass is 11.4. The van der Waals surface area contributed by atoms with Crippen molar-refractivity contribution in [2.24, 2.45) is 0 Å². The van der Waals surface area contributed by atoms with Crippen molar-refractivity contribution in [1.82, 2.24) is 0 Å². The summed E-state index contributed by atoms with van der Waals surface area (Å²) in [6.07, 6.45) is 0. The van der Waals surface area contributed by atoms with Crippen LogP contribution in [0.3, 0.4) is 0 Å². The van der Waals surface area contributed by atoms with E-state index < -0.39 is 154 Å². The molecule has 20 nitrogen and oxygen atoms in total. The fraction of sp³-hybridized carbons (Fsp3) is 1.00. The lowest BCUT2D eigenvalue weighted by Crippen LogP contribution is -3.01. The van der Waals surface area contributed by atoms with Gasteiger partial charge in [-0.05, 0) is 105 Å². The van der Waals surface area contributed by atoms with Crippen LogP contribution in [-0.2, 0) is 83.5 Å². The van der Waals surface area contributed by atoms with E-state index >= 15 is 0 Å². The molecule has 7 saturated heterocycles. The predicted molar refractivity (Wildman–Crippen MR) is 224 cm³/mol. The first-order valence-electron chi connectivity index (χ1n) is 18.7. The molecule has 54 heavy (non-hydrogen) atoms. The Balaban J connectivity index is 1.68. The van der Waals surface area contributed by atoms with Gasteiger partial charge < -0.3 is 83.5 Å². The van der Waals surface area contributed by atoms with Crippen LogP contribution in [0.4, 0.5) is 0 Å². The van der Waals surface area contributed by atoms with E-state index in [0.717, 1.165) is 0 Å². The van der Waals surface area contributed by atoms with Gasteiger partial charge in [-0.3, -0.25) is 0 Å². The summed E-state index contributed by atoms with van der Waals surface area (Å²) in [7, 11) is -54.7. The molecule has 0 aliphatic carbocycles. The first kappa shape index (κ1) is 44.7. The number of rotatable bonds is 16. The Morgan fingerprint density at radius 1 is 0.259 bits per heavy atom. The fourth-order valence-corrected chi connectivity index (χ4v) is 76.8. The van der Waals surface area contributed by atoms with Crippen LogP contribution in [0.2, 0.25) is 105 Å². The maximum absolute atomic E-state index is 7.68. The molecule has 36 heteroatoms. The highest BCUT2D eigenvalue weighted by Crippen LogP contribution is 2.68. The summed E-state index contributed by atoms with van der Waals surface area (Å²) in [5.41, 5.74) is 0. The van der Waals surface area contributed by atoms with E-state index in [-0.39, 0.29) is 0 Å². The quantitative estimate of drug-likeness (QED) is 0.177. The number of hydrogen-bond donors (Lipinski definition) is 0. The molecular weight excluding hydrogens is 986 g/mol. The minimum atomic E-state index is -4.77. The molecule has 0 aromatic heterocycles. The Hall–Kier alpha value is 2.67. The van der Waals surface area contributed by atoms with E-state index in [9.17, 15) is 0 Å². The molecule has 0 aromatic carbocycles. The van der Waals surface area contributed by atoms with Crippen LogP contribution in [0.25, 0.3) is 0 Å². The minimum absolute atomic E-state index is 1.97. The largest absolute Gasteiger partial charge is 0.657 e. The Morgan fingerprint density at radius 2 is 0.481 bits per heavy atom. The van der Waals surface area contributed by atoms with Crippen LogP contribution in [0.1, 0.15) is 0 Å². The topological polar surface area (TPSA) is 185 Å². The molecule has 6 unspecified atom stereocenters. The van der Waals surface area contributed by atoms with Gasteiger partial charge in [-0.2, -0.15) is 0 Å². The minimum Gasteiger partial charge on any atom is -0.417 e. The summed E-state index contributed by atoms with van der Waals surface area (Å²) in [4.78, 5) is 0. The summed E-state index contributed by atoms with van der Waals surface area (Å²) in [5, 5.41) is -4.34. The molecule has 7 heterocycles. The Kier molecular flexibility index (Phi) is 12.1. The average Bonchev–Trinajstić information content (AvgIpc) is 3.30. The molecule has 7 aliphatic heterocycles. The lowest BCUT2D eigenvalue weighted by molar-refractivity contribution is -0.235. The van der Waals surface area contributed by atoms with Gasteiger partial charge in [0.2, 0.25) is 0 Å². The van der Waals surface area contributed by atoms with E-state index in [0.29, 0.717) is 0 Å². The van der Waals surface area contributed by atoms with Gasteiger partial charge in [-0.15, -0.1) is 0 Å². The van der Waals surface area contributed by atoms with E-state index in [1.165, 1.54) is 0 Å². The molecular formula is C18H56O20Si16. The molecule has 2 spiro atoms. The van der Waals surface area contributed by atoms with Crippen molar-refractivity contribution in [3.05, 3.63) is 0 Å². The van der Waals surface area contributed by atoms with E-state index in [4.69, 9.17) is 83.5 Å². The zero-order chi connectivity index (χ0) is 39.8. The van der Waals surface area contributed by atoms with E-state index in [2.05, 4.69) is 0 Å². The van der Waals surface area contributed by atoms with Gasteiger partial charge >= 0.3 is 71.4 Å². The third-order valence-electron chi connectivity index (χ3n) is 7.85. The van der Waals surface area contributed by atoms with Gasteiger partial charge in [-0.25, -0.2) is 0 Å². The standard InChI is InChI=1S/C18H56O20Si16/c1-39(2)23-47-17-20-48(24-40(3)4)18(19-47)22-52(28-44(11)12)34-50(18,26-42(7)8)36-54(32-48,30-46(15)16)38-51(21-17,27-43(9)10)33-49(17,25-41(5)6)35-53(31-47,37-52)29-45(13)14/h39-46H,1-16H3/t17?,18?,47-,48?,49?,50-,51+,52?,53?,54+/m0/s1. The maximum Gasteiger partial charge on any atom is 0.657 e. The highest BCUT2D eigenvalue weighted by atomic mass is 28.6. The molecule has 8 bridgehead atoms. The van der Waals surface area contributed by atoms with Crippen LogP contribution < -0.4 is 0 Å². The van der Waals surface area contributed by atoms with Crippen molar-refractivity contribution >= 4 is 144 Å². The first-order valence-corrected chi connectivity index (χ1v) is 54.3. The summed E-state index contributed by atoms with van der Waals surface area (Å²) in [6.45, 7) is 31.6. The molecule has 0 aromatic rings. The zero-order valence-corrected chi connectivity index (χ0v) is 51.0. The molecule has 0 radical (unpaired) electrons. The van der Waals surface area contributed by atoms with Gasteiger partial charge in [0.15, 0.2) is 72.3 Å². The summed E-state index contributed by atoms with van der Waals surface area (Å²) in [6, 6.07) is 0. The van der Waals surface area contributed by atoms with Crippen molar-refractivity contribution in [3.63, 3.8) is 0 Å². The SMILES string of the molecule is C[SiH](C)O[Si]12O[Si]3(O[SiH](C)C)OC45O[Si@@](O[SiH](C)C)(O1)C16O[Si]4(O[SiH](C)C)O[Si@@](O[SiH](C)C)(O[Si@@](O[SiH](C)C)(O1)O[Si]6(O[SiH](C)C)O2)O[Si@@]5(O[SiH](C)C)O3. The fourth-order valence-electron chi connectivity index (χ4n) is 7.00. The van der Waals surface area contributed by atoms with Crippen molar-refractivity contribution < 1.29 is 83.5 Å². The average molecular weight is 1040 g/mol. The van der Waals surface area contributed by atoms with Gasteiger partial charge in [0, 0.05) is 0 Å². The van der Waals surface area contributed by atoms with E-state index in [1.54, 1.807) is 0 Å². The van der Waals surface area contributed by atoms with Gasteiger partial charge in [0.05, 0.1) is 0 Å². The zero-order valence-electron chi connectivity index (χ0n) is 33.8. The maximum atomic E-state index is 7.68. The molecule has 10 atom stereocenters. The highest BCUT2D eigenvalue weighted by Gasteiger charge is 3.09. The van der Waals surface area contributed by atoms with Gasteiger partial charge in [-0.1, -0.05) is 0 Å². The molecule has 0 saturated carbocycles. The normalized spacial score (nSPS) is 47.6. The second-order valence-corrected chi connectivity index (χ2v) is 59.8. The molecule has 0 amide bonds. The summed E-state index contributed by atoms with van der Waals surface area (Å²) < 4.78 is 144. The molecule has 7 aliphatic rings. The summed E-state index contributed by atoms with van der Waals surface area (Å²) >= 11 is 0. The molecule has 7 fully saturated rings. The molecule has 0 N–H and O–H groups in total. The van der Waals surface area contributed by atoms with Crippen molar-refractivity contribution in [2.75, 3.05) is 0 Å². The lowest BCUT2D eigenvalue weighted by Gasteiger charge is -2.66. The Labute approximate surface area is 339 Å². The molecule has 312 valence electrons. The van der Waals surface area contributed by atoms with Crippen molar-refractivity contribution in [2.45, 2.75) is 115 Å². The second kappa shape index (κ2) is 14.6. The van der Waals surface area contributed by atoms with Crippen LogP contribution in [0, 0.1) is 0 Å². The predicted octanol–water partition coefficient (Wildman–Crippen LogP) is -0.672.